The van der Waals surface area contributed by atoms with E-state index in [-0.39, 0.29) is 12.2 Å². The van der Waals surface area contributed by atoms with E-state index in [2.05, 4.69) is 6.58 Å². The molecule has 0 bridgehead atoms. The number of hydrogen-bond donors (Lipinski definition) is 0. The molecule has 84 valence electrons. The van der Waals surface area contributed by atoms with Crippen LogP contribution in [0.2, 0.25) is 0 Å². The average molecular weight is 213 g/mol. The van der Waals surface area contributed by atoms with Crippen molar-refractivity contribution in [3.8, 4) is 0 Å². The molecule has 1 rings (SSSR count). The Hall–Kier alpha value is -1.52. The number of hydrogen-bond acceptors (Lipinski definition) is 4. The Labute approximate surface area is 88.6 Å². The zero-order chi connectivity index (χ0) is 11.3. The zero-order valence-corrected chi connectivity index (χ0v) is 8.77. The maximum Gasteiger partial charge on any atom is 0.409 e. The maximum absolute atomic E-state index is 11.3. The van der Waals surface area contributed by atoms with Crippen LogP contribution in [0.15, 0.2) is 12.7 Å². The Balaban J connectivity index is 2.35. The molecule has 0 aromatic rings. The van der Waals surface area contributed by atoms with Gasteiger partial charge < -0.3 is 14.4 Å². The second-order valence-corrected chi connectivity index (χ2v) is 3.20. The molecule has 5 heteroatoms. The maximum atomic E-state index is 11.3. The Morgan fingerprint density at radius 1 is 1.60 bits per heavy atom. The molecule has 1 heterocycles. The van der Waals surface area contributed by atoms with Gasteiger partial charge in [0.25, 0.3) is 0 Å². The molecule has 1 atom stereocenters. The number of nitrogens with zero attached hydrogens (tertiary/aromatic N) is 1. The van der Waals surface area contributed by atoms with Crippen LogP contribution in [0.1, 0.15) is 13.3 Å². The van der Waals surface area contributed by atoms with Gasteiger partial charge in [-0.3, -0.25) is 0 Å². The van der Waals surface area contributed by atoms with Crippen molar-refractivity contribution in [2.75, 3.05) is 19.7 Å². The van der Waals surface area contributed by atoms with Crippen LogP contribution in [-0.4, -0.2) is 42.8 Å². The van der Waals surface area contributed by atoms with Crippen molar-refractivity contribution in [3.63, 3.8) is 0 Å². The van der Waals surface area contributed by atoms with Gasteiger partial charge in [-0.25, -0.2) is 9.59 Å². The summed E-state index contributed by atoms with van der Waals surface area (Å²) in [4.78, 5) is 23.7. The molecule has 0 aliphatic carbocycles. The van der Waals surface area contributed by atoms with E-state index < -0.39 is 5.97 Å². The highest BCUT2D eigenvalue weighted by Gasteiger charge is 2.28. The number of carbonyl (C=O) groups is 2. The minimum absolute atomic E-state index is 0.236. The van der Waals surface area contributed by atoms with E-state index in [1.807, 2.05) is 0 Å². The summed E-state index contributed by atoms with van der Waals surface area (Å²) in [5.41, 5.74) is 0. The summed E-state index contributed by atoms with van der Waals surface area (Å²) in [6.45, 7) is 6.38. The van der Waals surface area contributed by atoms with Gasteiger partial charge in [0.1, 0.15) is 6.10 Å². The standard InChI is InChI=1S/C10H15NO4/c1-3-9(12)15-8-5-6-11(7-8)10(13)14-4-2/h3,8H,1,4-7H2,2H3. The van der Waals surface area contributed by atoms with E-state index in [9.17, 15) is 9.59 Å². The van der Waals surface area contributed by atoms with Crippen LogP contribution >= 0.6 is 0 Å². The molecule has 1 aliphatic rings. The van der Waals surface area contributed by atoms with Crippen molar-refractivity contribution < 1.29 is 19.1 Å². The third kappa shape index (κ3) is 3.27. The molecular weight excluding hydrogens is 198 g/mol. The molecule has 0 aromatic carbocycles. The van der Waals surface area contributed by atoms with E-state index in [0.29, 0.717) is 26.1 Å². The van der Waals surface area contributed by atoms with Crippen LogP contribution in [0, 0.1) is 0 Å². The Morgan fingerprint density at radius 2 is 2.33 bits per heavy atom. The fourth-order valence-corrected chi connectivity index (χ4v) is 1.42. The van der Waals surface area contributed by atoms with Crippen molar-refractivity contribution in [1.82, 2.24) is 4.90 Å². The van der Waals surface area contributed by atoms with Crippen LogP contribution in [0.5, 0.6) is 0 Å². The Kier molecular flexibility index (Phi) is 4.15. The van der Waals surface area contributed by atoms with Gasteiger partial charge in [-0.15, -0.1) is 0 Å². The van der Waals surface area contributed by atoms with Gasteiger partial charge in [-0.2, -0.15) is 0 Å². The van der Waals surface area contributed by atoms with Crippen molar-refractivity contribution in [3.05, 3.63) is 12.7 Å². The fourth-order valence-electron chi connectivity index (χ4n) is 1.42. The largest absolute Gasteiger partial charge is 0.457 e. The summed E-state index contributed by atoms with van der Waals surface area (Å²) in [7, 11) is 0. The highest BCUT2D eigenvalue weighted by molar-refractivity contribution is 5.81. The first-order chi connectivity index (χ1) is 7.17. The van der Waals surface area contributed by atoms with Gasteiger partial charge in [0.2, 0.25) is 0 Å². The summed E-state index contributed by atoms with van der Waals surface area (Å²) in [5.74, 6) is -0.453. The van der Waals surface area contributed by atoms with E-state index in [1.54, 1.807) is 6.92 Å². The average Bonchev–Trinajstić information content (AvgIpc) is 2.66. The van der Waals surface area contributed by atoms with Crippen LogP contribution in [0.3, 0.4) is 0 Å². The van der Waals surface area contributed by atoms with Crippen molar-refractivity contribution in [1.29, 1.82) is 0 Å². The second kappa shape index (κ2) is 5.38. The van der Waals surface area contributed by atoms with Gasteiger partial charge in [0.15, 0.2) is 0 Å². The molecule has 0 N–H and O–H groups in total. The number of likely N-dealkylation sites (tertiary alicyclic amines) is 1. The monoisotopic (exact) mass is 213 g/mol. The highest BCUT2D eigenvalue weighted by atomic mass is 16.6. The number of rotatable bonds is 3. The molecule has 1 unspecified atom stereocenters. The molecule has 1 amide bonds. The Morgan fingerprint density at radius 3 is 2.93 bits per heavy atom. The van der Waals surface area contributed by atoms with Gasteiger partial charge in [-0.1, -0.05) is 6.58 Å². The lowest BCUT2D eigenvalue weighted by Gasteiger charge is -2.15. The third-order valence-corrected chi connectivity index (χ3v) is 2.12. The smallest absolute Gasteiger partial charge is 0.409 e. The molecule has 1 aliphatic heterocycles. The van der Waals surface area contributed by atoms with Crippen LogP contribution < -0.4 is 0 Å². The number of carbonyl (C=O) groups excluding carboxylic acids is 2. The minimum Gasteiger partial charge on any atom is -0.457 e. The summed E-state index contributed by atoms with van der Waals surface area (Å²) >= 11 is 0. The van der Waals surface area contributed by atoms with Crippen molar-refractivity contribution in [2.45, 2.75) is 19.4 Å². The van der Waals surface area contributed by atoms with Crippen LogP contribution in [0.4, 0.5) is 4.79 Å². The highest BCUT2D eigenvalue weighted by Crippen LogP contribution is 2.13. The summed E-state index contributed by atoms with van der Waals surface area (Å²) < 4.78 is 9.84. The second-order valence-electron chi connectivity index (χ2n) is 3.20. The lowest BCUT2D eigenvalue weighted by atomic mass is 10.3. The lowest BCUT2D eigenvalue weighted by Crippen LogP contribution is -2.31. The molecule has 5 nitrogen and oxygen atoms in total. The predicted octanol–water partition coefficient (Wildman–Crippen LogP) is 0.946. The summed E-state index contributed by atoms with van der Waals surface area (Å²) in [6, 6.07) is 0. The van der Waals surface area contributed by atoms with E-state index in [1.165, 1.54) is 4.90 Å². The van der Waals surface area contributed by atoms with Crippen molar-refractivity contribution >= 4 is 12.1 Å². The van der Waals surface area contributed by atoms with Gasteiger partial charge in [0, 0.05) is 19.0 Å². The van der Waals surface area contributed by atoms with Gasteiger partial charge in [0.05, 0.1) is 13.2 Å². The van der Waals surface area contributed by atoms with Gasteiger partial charge >= 0.3 is 12.1 Å². The normalized spacial score (nSPS) is 19.8. The van der Waals surface area contributed by atoms with E-state index >= 15 is 0 Å². The first-order valence-electron chi connectivity index (χ1n) is 4.92. The number of amides is 1. The number of esters is 1. The molecule has 15 heavy (non-hydrogen) atoms. The minimum atomic E-state index is -0.453. The number of ether oxygens (including phenoxy) is 2. The summed E-state index contributed by atoms with van der Waals surface area (Å²) in [6.07, 6.45) is 1.18. The zero-order valence-electron chi connectivity index (χ0n) is 8.77. The first-order valence-corrected chi connectivity index (χ1v) is 4.92. The van der Waals surface area contributed by atoms with E-state index in [0.717, 1.165) is 6.08 Å². The third-order valence-electron chi connectivity index (χ3n) is 2.12. The molecule has 0 radical (unpaired) electrons. The van der Waals surface area contributed by atoms with Crippen molar-refractivity contribution in [2.24, 2.45) is 0 Å². The topological polar surface area (TPSA) is 55.8 Å². The predicted molar refractivity (Wildman–Crippen MR) is 53.3 cm³/mol. The molecular formula is C10H15NO4. The SMILES string of the molecule is C=CC(=O)OC1CCN(C(=O)OCC)C1. The van der Waals surface area contributed by atoms with Crippen LogP contribution in [-0.2, 0) is 14.3 Å². The molecule has 0 spiro atoms. The first kappa shape index (κ1) is 11.6. The molecule has 0 saturated carbocycles. The Bertz CT molecular complexity index is 264. The van der Waals surface area contributed by atoms with Crippen LogP contribution in [0.25, 0.3) is 0 Å². The summed E-state index contributed by atoms with van der Waals surface area (Å²) in [5, 5.41) is 0. The molecule has 1 saturated heterocycles. The van der Waals surface area contributed by atoms with Gasteiger partial charge in [-0.05, 0) is 6.92 Å². The molecule has 1 fully saturated rings. The quantitative estimate of drug-likeness (QED) is 0.517. The lowest BCUT2D eigenvalue weighted by molar-refractivity contribution is -0.142. The molecule has 0 aromatic heterocycles. The fraction of sp³-hybridized carbons (Fsp3) is 0.600. The van der Waals surface area contributed by atoms with E-state index in [4.69, 9.17) is 9.47 Å².